The Morgan fingerprint density at radius 3 is 2.36 bits per heavy atom. The third kappa shape index (κ3) is 5.04. The largest absolute Gasteiger partial charge is 0.488 e. The van der Waals surface area contributed by atoms with Crippen LogP contribution in [-0.4, -0.2) is 29.3 Å². The molecule has 0 atom stereocenters. The maximum Gasteiger partial charge on any atom is 0.258 e. The predicted octanol–water partition coefficient (Wildman–Crippen LogP) is 2.74. The number of carbonyl (C=O) groups excluding carboxylic acids is 2. The molecule has 132 valence electrons. The number of ether oxygens (including phenoxy) is 1. The van der Waals surface area contributed by atoms with Gasteiger partial charge in [-0.25, -0.2) is 4.39 Å². The van der Waals surface area contributed by atoms with Crippen molar-refractivity contribution in [1.82, 2.24) is 4.90 Å². The van der Waals surface area contributed by atoms with E-state index in [0.717, 1.165) is 5.56 Å². The van der Waals surface area contributed by atoms with Gasteiger partial charge in [-0.2, -0.15) is 0 Å². The van der Waals surface area contributed by atoms with Gasteiger partial charge in [0.25, 0.3) is 5.91 Å². The first-order valence-corrected chi connectivity index (χ1v) is 7.94. The molecule has 2 rings (SSSR count). The van der Waals surface area contributed by atoms with E-state index >= 15 is 0 Å². The lowest BCUT2D eigenvalue weighted by molar-refractivity contribution is -0.119. The Balaban J connectivity index is 2.19. The van der Waals surface area contributed by atoms with Gasteiger partial charge in [0.2, 0.25) is 5.91 Å². The number of halogens is 1. The van der Waals surface area contributed by atoms with Crippen molar-refractivity contribution in [1.29, 1.82) is 0 Å². The monoisotopic (exact) mass is 344 g/mol. The van der Waals surface area contributed by atoms with E-state index in [4.69, 9.17) is 10.5 Å². The summed E-state index contributed by atoms with van der Waals surface area (Å²) in [4.78, 5) is 25.4. The van der Waals surface area contributed by atoms with Gasteiger partial charge in [-0.15, -0.1) is 0 Å². The van der Waals surface area contributed by atoms with Crippen LogP contribution in [0.5, 0.6) is 5.75 Å². The molecule has 0 heterocycles. The van der Waals surface area contributed by atoms with Crippen molar-refractivity contribution < 1.29 is 18.7 Å². The summed E-state index contributed by atoms with van der Waals surface area (Å²) in [6, 6.07) is 12.5. The standard InChI is InChI=1S/C19H21FN2O3/c1-13(2)22(11-18(21)23)19(24)16-5-3-4-6-17(16)25-12-14-7-9-15(20)10-8-14/h3-10,13H,11-12H2,1-2H3,(H2,21,23). The second kappa shape index (κ2) is 8.28. The van der Waals surface area contributed by atoms with Crippen LogP contribution in [0, 0.1) is 5.82 Å². The zero-order valence-corrected chi connectivity index (χ0v) is 14.2. The van der Waals surface area contributed by atoms with Gasteiger partial charge in [-0.3, -0.25) is 9.59 Å². The van der Waals surface area contributed by atoms with Gasteiger partial charge < -0.3 is 15.4 Å². The Labute approximate surface area is 146 Å². The molecule has 0 aliphatic heterocycles. The molecule has 0 bridgehead atoms. The number of carbonyl (C=O) groups is 2. The predicted molar refractivity (Wildman–Crippen MR) is 92.5 cm³/mol. The zero-order valence-electron chi connectivity index (χ0n) is 14.2. The fourth-order valence-electron chi connectivity index (χ4n) is 2.32. The summed E-state index contributed by atoms with van der Waals surface area (Å²) in [6.45, 7) is 3.65. The van der Waals surface area contributed by atoms with Crippen molar-refractivity contribution in [2.45, 2.75) is 26.5 Å². The minimum absolute atomic E-state index is 0.164. The molecular weight excluding hydrogens is 323 g/mol. The van der Waals surface area contributed by atoms with Gasteiger partial charge in [0.15, 0.2) is 0 Å². The fourth-order valence-corrected chi connectivity index (χ4v) is 2.32. The first-order chi connectivity index (χ1) is 11.9. The van der Waals surface area contributed by atoms with Crippen molar-refractivity contribution in [2.75, 3.05) is 6.54 Å². The minimum atomic E-state index is -0.577. The van der Waals surface area contributed by atoms with E-state index < -0.39 is 5.91 Å². The van der Waals surface area contributed by atoms with E-state index in [0.29, 0.717) is 11.3 Å². The molecule has 5 nitrogen and oxygen atoms in total. The molecule has 0 radical (unpaired) electrons. The number of hydrogen-bond acceptors (Lipinski definition) is 3. The van der Waals surface area contributed by atoms with Crippen LogP contribution in [0.3, 0.4) is 0 Å². The van der Waals surface area contributed by atoms with E-state index in [9.17, 15) is 14.0 Å². The maximum absolute atomic E-state index is 13.0. The molecule has 0 fully saturated rings. The number of nitrogens with two attached hydrogens (primary N) is 1. The number of amides is 2. The van der Waals surface area contributed by atoms with E-state index in [1.165, 1.54) is 17.0 Å². The maximum atomic E-state index is 13.0. The molecular formula is C19H21FN2O3. The van der Waals surface area contributed by atoms with Crippen molar-refractivity contribution >= 4 is 11.8 Å². The summed E-state index contributed by atoms with van der Waals surface area (Å²) >= 11 is 0. The smallest absolute Gasteiger partial charge is 0.258 e. The molecule has 0 spiro atoms. The second-order valence-corrected chi connectivity index (χ2v) is 5.90. The van der Waals surface area contributed by atoms with Gasteiger partial charge in [0, 0.05) is 6.04 Å². The molecule has 0 aromatic heterocycles. The Bertz CT molecular complexity index is 745. The first-order valence-electron chi connectivity index (χ1n) is 7.94. The lowest BCUT2D eigenvalue weighted by atomic mass is 10.1. The molecule has 2 amide bonds. The topological polar surface area (TPSA) is 72.6 Å². The average Bonchev–Trinajstić information content (AvgIpc) is 2.58. The van der Waals surface area contributed by atoms with Gasteiger partial charge in [0.1, 0.15) is 18.2 Å². The van der Waals surface area contributed by atoms with E-state index in [2.05, 4.69) is 0 Å². The van der Waals surface area contributed by atoms with Crippen LogP contribution in [0.2, 0.25) is 0 Å². The van der Waals surface area contributed by atoms with E-state index in [-0.39, 0.29) is 30.9 Å². The fraction of sp³-hybridized carbons (Fsp3) is 0.263. The third-order valence-corrected chi connectivity index (χ3v) is 3.64. The molecule has 6 heteroatoms. The summed E-state index contributed by atoms with van der Waals surface area (Å²) < 4.78 is 18.7. The number of primary amides is 1. The molecule has 0 unspecified atom stereocenters. The lowest BCUT2D eigenvalue weighted by Crippen LogP contribution is -2.42. The summed E-state index contributed by atoms with van der Waals surface area (Å²) in [6.07, 6.45) is 0. The molecule has 0 saturated carbocycles. The molecule has 2 aromatic rings. The second-order valence-electron chi connectivity index (χ2n) is 5.90. The highest BCUT2D eigenvalue weighted by atomic mass is 19.1. The quantitative estimate of drug-likeness (QED) is 0.839. The molecule has 0 aliphatic rings. The third-order valence-electron chi connectivity index (χ3n) is 3.64. The van der Waals surface area contributed by atoms with Crippen molar-refractivity contribution in [3.05, 3.63) is 65.5 Å². The summed E-state index contributed by atoms with van der Waals surface area (Å²) in [5.41, 5.74) is 6.36. The van der Waals surface area contributed by atoms with Crippen LogP contribution in [0.15, 0.2) is 48.5 Å². The minimum Gasteiger partial charge on any atom is -0.488 e. The summed E-state index contributed by atoms with van der Waals surface area (Å²) in [5.74, 6) is -0.833. The molecule has 0 aliphatic carbocycles. The van der Waals surface area contributed by atoms with Gasteiger partial charge in [0.05, 0.1) is 12.1 Å². The van der Waals surface area contributed by atoms with Crippen LogP contribution < -0.4 is 10.5 Å². The highest BCUT2D eigenvalue weighted by Crippen LogP contribution is 2.22. The van der Waals surface area contributed by atoms with Crippen LogP contribution >= 0.6 is 0 Å². The number of nitrogens with zero attached hydrogens (tertiary/aromatic N) is 1. The molecule has 2 N–H and O–H groups in total. The van der Waals surface area contributed by atoms with Gasteiger partial charge in [-0.05, 0) is 43.7 Å². The highest BCUT2D eigenvalue weighted by Gasteiger charge is 2.23. The van der Waals surface area contributed by atoms with Gasteiger partial charge in [-0.1, -0.05) is 24.3 Å². The lowest BCUT2D eigenvalue weighted by Gasteiger charge is -2.26. The van der Waals surface area contributed by atoms with Crippen molar-refractivity contribution in [3.8, 4) is 5.75 Å². The SMILES string of the molecule is CC(C)N(CC(N)=O)C(=O)c1ccccc1OCc1ccc(F)cc1. The van der Waals surface area contributed by atoms with Crippen LogP contribution in [0.25, 0.3) is 0 Å². The van der Waals surface area contributed by atoms with Crippen LogP contribution in [0.1, 0.15) is 29.8 Å². The molecule has 0 saturated heterocycles. The zero-order chi connectivity index (χ0) is 18.4. The van der Waals surface area contributed by atoms with Crippen LogP contribution in [0.4, 0.5) is 4.39 Å². The Kier molecular flexibility index (Phi) is 6.11. The normalized spacial score (nSPS) is 10.6. The number of rotatable bonds is 7. The number of para-hydroxylation sites is 1. The summed E-state index contributed by atoms with van der Waals surface area (Å²) in [7, 11) is 0. The highest BCUT2D eigenvalue weighted by molar-refractivity contribution is 5.98. The Morgan fingerprint density at radius 1 is 1.12 bits per heavy atom. The van der Waals surface area contributed by atoms with E-state index in [1.54, 1.807) is 36.4 Å². The number of benzene rings is 2. The van der Waals surface area contributed by atoms with Crippen molar-refractivity contribution in [3.63, 3.8) is 0 Å². The van der Waals surface area contributed by atoms with Crippen LogP contribution in [-0.2, 0) is 11.4 Å². The Hall–Kier alpha value is -2.89. The molecule has 25 heavy (non-hydrogen) atoms. The molecule has 2 aromatic carbocycles. The van der Waals surface area contributed by atoms with Crippen molar-refractivity contribution in [2.24, 2.45) is 5.73 Å². The van der Waals surface area contributed by atoms with Gasteiger partial charge >= 0.3 is 0 Å². The first kappa shape index (κ1) is 18.4. The Morgan fingerprint density at radius 2 is 1.76 bits per heavy atom. The summed E-state index contributed by atoms with van der Waals surface area (Å²) in [5, 5.41) is 0. The number of hydrogen-bond donors (Lipinski definition) is 1. The average molecular weight is 344 g/mol. The van der Waals surface area contributed by atoms with E-state index in [1.807, 2.05) is 13.8 Å².